The van der Waals surface area contributed by atoms with Gasteiger partial charge in [-0.2, -0.15) is 13.2 Å². The Kier molecular flexibility index (Phi) is 7.65. The monoisotopic (exact) mass is 562 g/mol. The number of anilines is 1. The minimum Gasteiger partial charge on any atom is -0.374 e. The predicted molar refractivity (Wildman–Crippen MR) is 136 cm³/mol. The number of benzene rings is 2. The number of carbonyl (C=O) groups is 1. The molecule has 196 valence electrons. The van der Waals surface area contributed by atoms with Crippen LogP contribution < -0.4 is 4.90 Å². The molecule has 4 rings (SSSR count). The third-order valence-electron chi connectivity index (χ3n) is 5.85. The molecule has 2 heterocycles. The van der Waals surface area contributed by atoms with Crippen molar-refractivity contribution in [2.75, 3.05) is 18.7 Å². The van der Waals surface area contributed by atoms with Crippen LogP contribution in [0.25, 0.3) is 0 Å². The van der Waals surface area contributed by atoms with Gasteiger partial charge in [0.25, 0.3) is 11.5 Å². The molecule has 0 aliphatic carbocycles. The maximum Gasteiger partial charge on any atom is 0.435 e. The number of oxime groups is 1. The van der Waals surface area contributed by atoms with Gasteiger partial charge in [-0.25, -0.2) is 9.97 Å². The van der Waals surface area contributed by atoms with Crippen LogP contribution in [0.3, 0.4) is 0 Å². The maximum atomic E-state index is 14.3. The van der Waals surface area contributed by atoms with Gasteiger partial charge in [-0.3, -0.25) is 9.69 Å². The first-order chi connectivity index (χ1) is 18.0. The molecule has 1 amide bonds. The zero-order chi connectivity index (χ0) is 27.7. The third-order valence-corrected chi connectivity index (χ3v) is 6.29. The molecule has 0 saturated heterocycles. The fourth-order valence-electron chi connectivity index (χ4n) is 3.95. The molecule has 0 radical (unpaired) electrons. The molecule has 1 aliphatic heterocycles. The largest absolute Gasteiger partial charge is 0.435 e. The van der Waals surface area contributed by atoms with E-state index in [0.29, 0.717) is 16.7 Å². The zero-order valence-electron chi connectivity index (χ0n) is 20.0. The van der Waals surface area contributed by atoms with E-state index in [-0.39, 0.29) is 39.6 Å². The summed E-state index contributed by atoms with van der Waals surface area (Å²) in [6, 6.07) is 8.16. The van der Waals surface area contributed by atoms with Crippen molar-refractivity contribution in [3.63, 3.8) is 0 Å². The Balaban J connectivity index is 1.64. The van der Waals surface area contributed by atoms with Gasteiger partial charge in [0.1, 0.15) is 6.73 Å². The predicted octanol–water partition coefficient (Wildman–Crippen LogP) is 5.91. The number of hydrogen-bond donors (Lipinski definition) is 0. The van der Waals surface area contributed by atoms with Gasteiger partial charge in [0.15, 0.2) is 0 Å². The summed E-state index contributed by atoms with van der Waals surface area (Å²) in [6.07, 6.45) is 2.67. The molecular weight excluding hydrogens is 544 g/mol. The maximum absolute atomic E-state index is 14.3. The van der Waals surface area contributed by atoms with E-state index in [4.69, 9.17) is 39.2 Å². The second kappa shape index (κ2) is 10.6. The summed E-state index contributed by atoms with van der Waals surface area (Å²) in [5.41, 5.74) is -1.46. The van der Waals surface area contributed by atoms with E-state index < -0.39 is 24.1 Å². The number of aryl methyl sites for hydroxylation is 1. The van der Waals surface area contributed by atoms with Crippen LogP contribution in [0.4, 0.5) is 19.1 Å². The molecule has 12 heteroatoms. The molecule has 7 nitrogen and oxygen atoms in total. The number of carbonyl (C=O) groups excluding carboxylic acids is 1. The molecule has 0 fully saturated rings. The first-order valence-electron chi connectivity index (χ1n) is 11.0. The Labute approximate surface area is 226 Å². The van der Waals surface area contributed by atoms with Crippen molar-refractivity contribution in [3.8, 4) is 12.3 Å². The molecule has 38 heavy (non-hydrogen) atoms. The summed E-state index contributed by atoms with van der Waals surface area (Å²) in [5.74, 6) is 1.99. The number of nitrogens with zero attached hydrogens (tertiary/aromatic N) is 4. The summed E-state index contributed by atoms with van der Waals surface area (Å²) < 4.78 is 48.1. The highest BCUT2D eigenvalue weighted by atomic mass is 35.5. The quantitative estimate of drug-likeness (QED) is 0.276. The Morgan fingerprint density at radius 3 is 2.39 bits per heavy atom. The van der Waals surface area contributed by atoms with E-state index in [1.54, 1.807) is 13.0 Å². The van der Waals surface area contributed by atoms with E-state index in [1.165, 1.54) is 42.6 Å². The van der Waals surface area contributed by atoms with Crippen LogP contribution in [0.15, 0.2) is 53.9 Å². The third kappa shape index (κ3) is 5.18. The molecule has 0 bridgehead atoms. The van der Waals surface area contributed by atoms with Crippen molar-refractivity contribution in [2.24, 2.45) is 5.16 Å². The highest BCUT2D eigenvalue weighted by molar-refractivity contribution is 6.34. The minimum atomic E-state index is -4.83. The molecule has 0 spiro atoms. The number of rotatable bonds is 6. The molecule has 0 N–H and O–H groups in total. The Bertz CT molecular complexity index is 1440. The normalized spacial score (nSPS) is 16.9. The molecule has 3 aromatic rings. The highest BCUT2D eigenvalue weighted by Gasteiger charge is 2.62. The van der Waals surface area contributed by atoms with Crippen molar-refractivity contribution in [1.82, 2.24) is 9.97 Å². The van der Waals surface area contributed by atoms with E-state index in [1.807, 2.05) is 0 Å². The molecule has 1 aliphatic rings. The van der Waals surface area contributed by atoms with Gasteiger partial charge < -0.3 is 9.57 Å². The van der Waals surface area contributed by atoms with E-state index in [0.717, 1.165) is 12.1 Å². The number of methoxy groups -OCH3 is 1. The summed E-state index contributed by atoms with van der Waals surface area (Å²) in [5, 5.41) is 3.83. The number of halogens is 5. The van der Waals surface area contributed by atoms with Crippen molar-refractivity contribution >= 4 is 40.8 Å². The van der Waals surface area contributed by atoms with Gasteiger partial charge >= 0.3 is 6.18 Å². The lowest BCUT2D eigenvalue weighted by Crippen LogP contribution is -2.42. The molecule has 1 aromatic heterocycles. The lowest BCUT2D eigenvalue weighted by Gasteiger charge is -2.29. The van der Waals surface area contributed by atoms with E-state index in [9.17, 15) is 18.0 Å². The van der Waals surface area contributed by atoms with Crippen LogP contribution in [0, 0.1) is 19.3 Å². The fraction of sp³-hybridized carbons (Fsp3) is 0.231. The Hall–Kier alpha value is -3.65. The number of aromatic nitrogens is 2. The lowest BCUT2D eigenvalue weighted by atomic mass is 9.86. The summed E-state index contributed by atoms with van der Waals surface area (Å²) >= 11 is 11.9. The molecule has 0 saturated carbocycles. The SMILES string of the molecule is C#Cc1cnc(N(COC)C(=O)c2ccc(C3=NOC(c4cc(Cl)cc(Cl)c4)(C(F)(F)F)C3)cc2C)nc1. The van der Waals surface area contributed by atoms with Crippen LogP contribution in [0.5, 0.6) is 0 Å². The van der Waals surface area contributed by atoms with Crippen LogP contribution in [0.1, 0.15) is 39.0 Å². The van der Waals surface area contributed by atoms with Gasteiger partial charge in [0.2, 0.25) is 5.95 Å². The average Bonchev–Trinajstić information content (AvgIpc) is 3.34. The first-order valence-corrected chi connectivity index (χ1v) is 11.7. The zero-order valence-corrected chi connectivity index (χ0v) is 21.5. The second-order valence-electron chi connectivity index (χ2n) is 8.39. The Morgan fingerprint density at radius 1 is 1.18 bits per heavy atom. The van der Waals surface area contributed by atoms with E-state index >= 15 is 0 Å². The van der Waals surface area contributed by atoms with Crippen LogP contribution >= 0.6 is 23.2 Å². The summed E-state index contributed by atoms with van der Waals surface area (Å²) in [7, 11) is 1.41. The van der Waals surface area contributed by atoms with Crippen LogP contribution in [-0.2, 0) is 15.2 Å². The fourth-order valence-corrected chi connectivity index (χ4v) is 4.47. The van der Waals surface area contributed by atoms with E-state index in [2.05, 4.69) is 21.0 Å². The number of hydrogen-bond acceptors (Lipinski definition) is 6. The molecular formula is C26H19Cl2F3N4O3. The van der Waals surface area contributed by atoms with Gasteiger partial charge in [-0.05, 0) is 48.4 Å². The average molecular weight is 563 g/mol. The van der Waals surface area contributed by atoms with Gasteiger partial charge in [0.05, 0.1) is 11.3 Å². The highest BCUT2D eigenvalue weighted by Crippen LogP contribution is 2.49. The smallest absolute Gasteiger partial charge is 0.374 e. The van der Waals surface area contributed by atoms with Crippen molar-refractivity contribution < 1.29 is 27.5 Å². The summed E-state index contributed by atoms with van der Waals surface area (Å²) in [4.78, 5) is 27.8. The van der Waals surface area contributed by atoms with Crippen molar-refractivity contribution in [1.29, 1.82) is 0 Å². The number of ether oxygens (including phenoxy) is 1. The summed E-state index contributed by atoms with van der Waals surface area (Å²) in [6.45, 7) is 1.50. The number of terminal acetylenes is 1. The van der Waals surface area contributed by atoms with Crippen molar-refractivity contribution in [2.45, 2.75) is 25.1 Å². The van der Waals surface area contributed by atoms with Gasteiger partial charge in [-0.1, -0.05) is 40.3 Å². The second-order valence-corrected chi connectivity index (χ2v) is 9.26. The first kappa shape index (κ1) is 27.4. The van der Waals surface area contributed by atoms with Gasteiger partial charge in [-0.15, -0.1) is 6.42 Å². The molecule has 1 unspecified atom stereocenters. The molecule has 2 aromatic carbocycles. The van der Waals surface area contributed by atoms with Crippen LogP contribution in [0.2, 0.25) is 10.0 Å². The standard InChI is InChI=1S/C26H19Cl2F3N4O3/c1-4-16-12-32-24(33-13-16)35(14-37-3)23(36)21-6-5-17(7-15(21)2)22-11-25(38-34-22,26(29,30)31)18-8-19(27)10-20(28)9-18/h1,5-10,12-13H,11,14H2,2-3H3. The Morgan fingerprint density at radius 2 is 1.84 bits per heavy atom. The topological polar surface area (TPSA) is 76.9 Å². The van der Waals surface area contributed by atoms with Crippen molar-refractivity contribution in [3.05, 3.63) is 86.7 Å². The lowest BCUT2D eigenvalue weighted by molar-refractivity contribution is -0.275. The molecule has 1 atom stereocenters. The minimum absolute atomic E-state index is 0.0328. The van der Waals surface area contributed by atoms with Crippen LogP contribution in [-0.4, -0.2) is 41.6 Å². The van der Waals surface area contributed by atoms with Gasteiger partial charge in [0, 0.05) is 47.1 Å². The number of amides is 1. The number of alkyl halides is 3.